The van der Waals surface area contributed by atoms with Gasteiger partial charge in [-0.1, -0.05) is 6.92 Å². The Kier molecular flexibility index (Phi) is 4.33. The molecule has 0 aliphatic carbocycles. The third kappa shape index (κ3) is 3.30. The molecule has 0 amide bonds. The fourth-order valence-electron chi connectivity index (χ4n) is 1.49. The van der Waals surface area contributed by atoms with Crippen molar-refractivity contribution in [3.8, 4) is 11.8 Å². The third-order valence-electron chi connectivity index (χ3n) is 2.34. The van der Waals surface area contributed by atoms with E-state index in [1.165, 1.54) is 0 Å². The Balaban J connectivity index is 2.20. The summed E-state index contributed by atoms with van der Waals surface area (Å²) in [6.07, 6.45) is 1.71. The summed E-state index contributed by atoms with van der Waals surface area (Å²) >= 11 is 3.41. The van der Waals surface area contributed by atoms with E-state index >= 15 is 0 Å². The van der Waals surface area contributed by atoms with Crippen molar-refractivity contribution in [1.82, 2.24) is 20.5 Å². The Hall–Kier alpha value is -1.40. The highest BCUT2D eigenvalue weighted by atomic mass is 79.9. The van der Waals surface area contributed by atoms with Crippen LogP contribution in [0.2, 0.25) is 0 Å². The number of aromatic nitrogens is 3. The normalized spacial score (nSPS) is 10.6. The maximum Gasteiger partial charge on any atom is 0.240 e. The molecule has 0 aliphatic heterocycles. The largest absolute Gasteiger partial charge is 0.419 e. The number of halogens is 1. The number of pyridine rings is 1. The van der Waals surface area contributed by atoms with Crippen LogP contribution in [0.5, 0.6) is 11.8 Å². The molecule has 2 heterocycles. The molecular weight excluding hydrogens is 296 g/mol. The van der Waals surface area contributed by atoms with Crippen LogP contribution in [0.4, 0.5) is 0 Å². The summed E-state index contributed by atoms with van der Waals surface area (Å²) in [5.74, 6) is 1.10. The summed E-state index contributed by atoms with van der Waals surface area (Å²) in [6.45, 7) is 5.59. The molecule has 2 aromatic heterocycles. The SMILES string of the molecule is CCNCc1cc(Br)cnc1Oc1cc(C)[nH]n1. The highest BCUT2D eigenvalue weighted by molar-refractivity contribution is 9.10. The smallest absolute Gasteiger partial charge is 0.240 e. The van der Waals surface area contributed by atoms with Crippen LogP contribution >= 0.6 is 15.9 Å². The van der Waals surface area contributed by atoms with Crippen molar-refractivity contribution in [2.75, 3.05) is 6.54 Å². The summed E-state index contributed by atoms with van der Waals surface area (Å²) in [6, 6.07) is 3.82. The molecule has 2 N–H and O–H groups in total. The number of ether oxygens (including phenoxy) is 1. The van der Waals surface area contributed by atoms with E-state index in [0.717, 1.165) is 22.3 Å². The van der Waals surface area contributed by atoms with Gasteiger partial charge in [0.15, 0.2) is 0 Å². The Morgan fingerprint density at radius 1 is 1.44 bits per heavy atom. The number of nitrogens with zero attached hydrogens (tertiary/aromatic N) is 2. The van der Waals surface area contributed by atoms with Crippen molar-refractivity contribution in [2.24, 2.45) is 0 Å². The second kappa shape index (κ2) is 5.97. The van der Waals surface area contributed by atoms with E-state index in [4.69, 9.17) is 4.74 Å². The molecule has 0 aliphatic rings. The number of aryl methyl sites for hydroxylation is 1. The minimum Gasteiger partial charge on any atom is -0.419 e. The summed E-state index contributed by atoms with van der Waals surface area (Å²) < 4.78 is 6.60. The van der Waals surface area contributed by atoms with Crippen LogP contribution in [0.25, 0.3) is 0 Å². The third-order valence-corrected chi connectivity index (χ3v) is 2.77. The van der Waals surface area contributed by atoms with Crippen LogP contribution < -0.4 is 10.1 Å². The first-order valence-electron chi connectivity index (χ1n) is 5.74. The molecule has 6 heteroatoms. The number of nitrogens with one attached hydrogen (secondary N) is 2. The van der Waals surface area contributed by atoms with Crippen molar-refractivity contribution in [2.45, 2.75) is 20.4 Å². The second-order valence-electron chi connectivity index (χ2n) is 3.89. The first-order chi connectivity index (χ1) is 8.69. The Morgan fingerprint density at radius 2 is 2.28 bits per heavy atom. The fraction of sp³-hybridized carbons (Fsp3) is 0.333. The number of aromatic amines is 1. The molecule has 0 atom stereocenters. The molecule has 0 unspecified atom stereocenters. The van der Waals surface area contributed by atoms with E-state index < -0.39 is 0 Å². The van der Waals surface area contributed by atoms with Gasteiger partial charge in [0.1, 0.15) is 0 Å². The zero-order valence-corrected chi connectivity index (χ0v) is 11.9. The molecule has 96 valence electrons. The molecule has 0 saturated heterocycles. The van der Waals surface area contributed by atoms with Crippen LogP contribution in [0.1, 0.15) is 18.2 Å². The molecule has 2 rings (SSSR count). The van der Waals surface area contributed by atoms with E-state index in [0.29, 0.717) is 18.3 Å². The molecule has 0 fully saturated rings. The maximum absolute atomic E-state index is 5.67. The molecule has 0 spiro atoms. The van der Waals surface area contributed by atoms with E-state index in [-0.39, 0.29) is 0 Å². The van der Waals surface area contributed by atoms with E-state index in [1.54, 1.807) is 6.20 Å². The van der Waals surface area contributed by atoms with Gasteiger partial charge in [0.2, 0.25) is 11.8 Å². The van der Waals surface area contributed by atoms with Crippen molar-refractivity contribution in [3.63, 3.8) is 0 Å². The Bertz CT molecular complexity index is 527. The van der Waals surface area contributed by atoms with Gasteiger partial charge in [-0.2, -0.15) is 0 Å². The Labute approximate surface area is 114 Å². The maximum atomic E-state index is 5.67. The molecule has 0 aromatic carbocycles. The van der Waals surface area contributed by atoms with Crippen LogP contribution in [0, 0.1) is 6.92 Å². The molecule has 2 aromatic rings. The van der Waals surface area contributed by atoms with E-state index in [1.807, 2.05) is 19.1 Å². The van der Waals surface area contributed by atoms with Gasteiger partial charge in [0.05, 0.1) is 0 Å². The highest BCUT2D eigenvalue weighted by Gasteiger charge is 2.09. The first-order valence-corrected chi connectivity index (χ1v) is 6.53. The molecule has 18 heavy (non-hydrogen) atoms. The van der Waals surface area contributed by atoms with Crippen molar-refractivity contribution >= 4 is 15.9 Å². The average Bonchev–Trinajstić information content (AvgIpc) is 2.75. The zero-order chi connectivity index (χ0) is 13.0. The van der Waals surface area contributed by atoms with Gasteiger partial charge < -0.3 is 10.1 Å². The second-order valence-corrected chi connectivity index (χ2v) is 4.81. The van der Waals surface area contributed by atoms with Gasteiger partial charge in [-0.05, 0) is 35.5 Å². The highest BCUT2D eigenvalue weighted by Crippen LogP contribution is 2.24. The van der Waals surface area contributed by atoms with Crippen molar-refractivity contribution < 1.29 is 4.74 Å². The predicted molar refractivity (Wildman–Crippen MR) is 72.7 cm³/mol. The number of H-pyrrole nitrogens is 1. The minimum atomic E-state index is 0.528. The Morgan fingerprint density at radius 3 is 2.94 bits per heavy atom. The fourth-order valence-corrected chi connectivity index (χ4v) is 1.87. The van der Waals surface area contributed by atoms with Crippen LogP contribution in [0.3, 0.4) is 0 Å². The van der Waals surface area contributed by atoms with Gasteiger partial charge in [-0.3, -0.25) is 5.10 Å². The van der Waals surface area contributed by atoms with E-state index in [2.05, 4.69) is 43.4 Å². The lowest BCUT2D eigenvalue weighted by molar-refractivity contribution is 0.435. The standard InChI is InChI=1S/C12H15BrN4O/c1-3-14-6-9-5-10(13)7-15-12(9)18-11-4-8(2)16-17-11/h4-5,7,14H,3,6H2,1-2H3,(H,16,17). The van der Waals surface area contributed by atoms with Crippen LogP contribution in [0.15, 0.2) is 22.8 Å². The lowest BCUT2D eigenvalue weighted by Crippen LogP contribution is -2.13. The summed E-state index contributed by atoms with van der Waals surface area (Å²) in [5, 5.41) is 10.1. The topological polar surface area (TPSA) is 62.8 Å². The van der Waals surface area contributed by atoms with E-state index in [9.17, 15) is 0 Å². The number of hydrogen-bond acceptors (Lipinski definition) is 4. The average molecular weight is 311 g/mol. The lowest BCUT2D eigenvalue weighted by atomic mass is 10.2. The van der Waals surface area contributed by atoms with Crippen LogP contribution in [-0.4, -0.2) is 21.7 Å². The summed E-state index contributed by atoms with van der Waals surface area (Å²) in [4.78, 5) is 4.27. The zero-order valence-electron chi connectivity index (χ0n) is 10.3. The molecule has 0 saturated carbocycles. The molecule has 5 nitrogen and oxygen atoms in total. The summed E-state index contributed by atoms with van der Waals surface area (Å²) in [5.41, 5.74) is 1.95. The van der Waals surface area contributed by atoms with Gasteiger partial charge in [0.25, 0.3) is 0 Å². The van der Waals surface area contributed by atoms with Gasteiger partial charge in [-0.25, -0.2) is 4.98 Å². The number of hydrogen-bond donors (Lipinski definition) is 2. The molecular formula is C12H15BrN4O. The van der Waals surface area contributed by atoms with Gasteiger partial charge in [-0.15, -0.1) is 5.10 Å². The van der Waals surface area contributed by atoms with Crippen molar-refractivity contribution in [1.29, 1.82) is 0 Å². The first kappa shape index (κ1) is 13.0. The number of rotatable bonds is 5. The molecule has 0 bridgehead atoms. The van der Waals surface area contributed by atoms with Gasteiger partial charge >= 0.3 is 0 Å². The van der Waals surface area contributed by atoms with Crippen molar-refractivity contribution in [3.05, 3.63) is 34.1 Å². The molecule has 0 radical (unpaired) electrons. The lowest BCUT2D eigenvalue weighted by Gasteiger charge is -2.08. The predicted octanol–water partition coefficient (Wildman–Crippen LogP) is 2.78. The van der Waals surface area contributed by atoms with Gasteiger partial charge in [0, 0.05) is 34.5 Å². The summed E-state index contributed by atoms with van der Waals surface area (Å²) in [7, 11) is 0. The quantitative estimate of drug-likeness (QED) is 0.891. The monoisotopic (exact) mass is 310 g/mol. The van der Waals surface area contributed by atoms with Crippen LogP contribution in [-0.2, 0) is 6.54 Å². The minimum absolute atomic E-state index is 0.528.